The monoisotopic (exact) mass is 316 g/mol. The number of ketones is 1. The van der Waals surface area contributed by atoms with Gasteiger partial charge in [0.15, 0.2) is 5.78 Å². The van der Waals surface area contributed by atoms with Crippen LogP contribution in [0.4, 0.5) is 0 Å². The third-order valence-electron chi connectivity index (χ3n) is 3.66. The van der Waals surface area contributed by atoms with Crippen LogP contribution >= 0.6 is 0 Å². The van der Waals surface area contributed by atoms with E-state index in [2.05, 4.69) is 0 Å². The van der Waals surface area contributed by atoms with Crippen LogP contribution in [0.15, 0.2) is 78.9 Å². The normalized spacial score (nSPS) is 11.2. The number of phenols is 2. The molecule has 0 aliphatic heterocycles. The van der Waals surface area contributed by atoms with Gasteiger partial charge in [-0.1, -0.05) is 54.6 Å². The number of aromatic hydroxyl groups is 2. The quantitative estimate of drug-likeness (QED) is 0.422. The number of rotatable bonds is 4. The number of Topliss-reactive ketones (excluding diaryl/α,β-unsaturated/α-hetero) is 1. The third-order valence-corrected chi connectivity index (χ3v) is 3.66. The zero-order valence-corrected chi connectivity index (χ0v) is 12.9. The lowest BCUT2D eigenvalue weighted by molar-refractivity contribution is 0.105. The average molecular weight is 316 g/mol. The Hall–Kier alpha value is -3.33. The first kappa shape index (κ1) is 15.6. The highest BCUT2D eigenvalue weighted by molar-refractivity contribution is 6.32. The molecule has 0 bridgehead atoms. The Labute approximate surface area is 140 Å². The largest absolute Gasteiger partial charge is 0.508 e. The van der Waals surface area contributed by atoms with E-state index in [1.807, 2.05) is 18.2 Å². The minimum absolute atomic E-state index is 0.102. The van der Waals surface area contributed by atoms with E-state index >= 15 is 0 Å². The molecule has 24 heavy (non-hydrogen) atoms. The second-order valence-electron chi connectivity index (χ2n) is 5.39. The summed E-state index contributed by atoms with van der Waals surface area (Å²) in [6, 6.07) is 22.2. The van der Waals surface area contributed by atoms with Gasteiger partial charge >= 0.3 is 0 Å². The fraction of sp³-hybridized carbons (Fsp3) is 0. The zero-order valence-electron chi connectivity index (χ0n) is 12.9. The molecule has 0 amide bonds. The molecule has 0 unspecified atom stereocenters. The lowest BCUT2D eigenvalue weighted by Gasteiger charge is -2.08. The second kappa shape index (κ2) is 6.84. The number of allylic oxidation sites excluding steroid dienone is 1. The third kappa shape index (κ3) is 3.52. The molecule has 2 N–H and O–H groups in total. The molecule has 3 heteroatoms. The number of carbonyl (C=O) groups excluding carboxylic acids is 1. The maximum absolute atomic E-state index is 12.9. The molecule has 118 valence electrons. The standard InChI is InChI=1S/C21H16O3/c22-18-10-6-15(7-11-18)14-20(16-8-12-19(23)13-9-16)21(24)17-4-2-1-3-5-17/h1-14,22-23H/b20-14-. The van der Waals surface area contributed by atoms with E-state index in [0.717, 1.165) is 11.1 Å². The molecule has 3 aromatic carbocycles. The summed E-state index contributed by atoms with van der Waals surface area (Å²) >= 11 is 0. The number of phenolic OH excluding ortho intramolecular Hbond substituents is 2. The van der Waals surface area contributed by atoms with Gasteiger partial charge in [0.2, 0.25) is 0 Å². The van der Waals surface area contributed by atoms with Gasteiger partial charge in [-0.25, -0.2) is 0 Å². The Morgan fingerprint density at radius 3 is 1.79 bits per heavy atom. The van der Waals surface area contributed by atoms with Crippen molar-refractivity contribution < 1.29 is 15.0 Å². The average Bonchev–Trinajstić information content (AvgIpc) is 2.62. The van der Waals surface area contributed by atoms with Gasteiger partial charge in [-0.2, -0.15) is 0 Å². The molecular weight excluding hydrogens is 300 g/mol. The summed E-state index contributed by atoms with van der Waals surface area (Å²) in [5, 5.41) is 18.9. The van der Waals surface area contributed by atoms with E-state index < -0.39 is 0 Å². The summed E-state index contributed by atoms with van der Waals surface area (Å²) < 4.78 is 0. The van der Waals surface area contributed by atoms with E-state index in [1.165, 1.54) is 0 Å². The molecule has 3 rings (SSSR count). The van der Waals surface area contributed by atoms with Gasteiger partial charge in [-0.3, -0.25) is 4.79 Å². The zero-order chi connectivity index (χ0) is 16.9. The molecule has 0 fully saturated rings. The first-order chi connectivity index (χ1) is 11.6. The molecule has 0 aromatic heterocycles. The van der Waals surface area contributed by atoms with Crippen LogP contribution < -0.4 is 0 Å². The molecule has 0 saturated carbocycles. The predicted octanol–water partition coefficient (Wildman–Crippen LogP) is 4.52. The summed E-state index contributed by atoms with van der Waals surface area (Å²) in [6.45, 7) is 0. The number of benzene rings is 3. The van der Waals surface area contributed by atoms with Gasteiger partial charge in [-0.05, 0) is 41.5 Å². The van der Waals surface area contributed by atoms with Crippen molar-refractivity contribution in [1.82, 2.24) is 0 Å². The molecule has 3 aromatic rings. The fourth-order valence-electron chi connectivity index (χ4n) is 2.40. The van der Waals surface area contributed by atoms with Crippen molar-refractivity contribution >= 4 is 17.4 Å². The molecule has 0 saturated heterocycles. The van der Waals surface area contributed by atoms with Crippen LogP contribution in [0.1, 0.15) is 21.5 Å². The maximum Gasteiger partial charge on any atom is 0.193 e. The lowest BCUT2D eigenvalue weighted by atomic mass is 9.94. The first-order valence-corrected chi connectivity index (χ1v) is 7.53. The number of hydrogen-bond acceptors (Lipinski definition) is 3. The van der Waals surface area contributed by atoms with E-state index in [-0.39, 0.29) is 17.3 Å². The Balaban J connectivity index is 2.08. The summed E-state index contributed by atoms with van der Waals surface area (Å²) in [7, 11) is 0. The van der Waals surface area contributed by atoms with E-state index in [4.69, 9.17) is 0 Å². The highest BCUT2D eigenvalue weighted by atomic mass is 16.3. The molecule has 0 atom stereocenters. The molecule has 0 aliphatic carbocycles. The molecule has 0 heterocycles. The van der Waals surface area contributed by atoms with Gasteiger partial charge < -0.3 is 10.2 Å². The smallest absolute Gasteiger partial charge is 0.193 e. The Morgan fingerprint density at radius 1 is 0.667 bits per heavy atom. The fourth-order valence-corrected chi connectivity index (χ4v) is 2.40. The van der Waals surface area contributed by atoms with Gasteiger partial charge in [0.25, 0.3) is 0 Å². The summed E-state index contributed by atoms with van der Waals surface area (Å²) in [6.07, 6.45) is 1.78. The minimum Gasteiger partial charge on any atom is -0.508 e. The predicted molar refractivity (Wildman–Crippen MR) is 94.9 cm³/mol. The van der Waals surface area contributed by atoms with Gasteiger partial charge in [0.1, 0.15) is 11.5 Å². The first-order valence-electron chi connectivity index (χ1n) is 7.53. The van der Waals surface area contributed by atoms with Crippen molar-refractivity contribution in [3.63, 3.8) is 0 Å². The van der Waals surface area contributed by atoms with Crippen LogP contribution in [-0.2, 0) is 0 Å². The van der Waals surface area contributed by atoms with Crippen LogP contribution in [-0.4, -0.2) is 16.0 Å². The van der Waals surface area contributed by atoms with Crippen LogP contribution in [0.25, 0.3) is 11.6 Å². The highest BCUT2D eigenvalue weighted by Gasteiger charge is 2.14. The lowest BCUT2D eigenvalue weighted by Crippen LogP contribution is -2.02. The molecule has 0 radical (unpaired) electrons. The topological polar surface area (TPSA) is 57.5 Å². The van der Waals surface area contributed by atoms with E-state index in [0.29, 0.717) is 11.1 Å². The van der Waals surface area contributed by atoms with Crippen molar-refractivity contribution in [2.45, 2.75) is 0 Å². The number of hydrogen-bond donors (Lipinski definition) is 2. The Bertz CT molecular complexity index is 861. The van der Waals surface area contributed by atoms with Crippen LogP contribution in [0.5, 0.6) is 11.5 Å². The van der Waals surface area contributed by atoms with Gasteiger partial charge in [0.05, 0.1) is 0 Å². The minimum atomic E-state index is -0.102. The molecule has 0 aliphatic rings. The summed E-state index contributed by atoms with van der Waals surface area (Å²) in [4.78, 5) is 12.9. The van der Waals surface area contributed by atoms with Crippen molar-refractivity contribution in [2.24, 2.45) is 0 Å². The van der Waals surface area contributed by atoms with Crippen molar-refractivity contribution in [3.05, 3.63) is 95.6 Å². The van der Waals surface area contributed by atoms with Crippen LogP contribution in [0.2, 0.25) is 0 Å². The second-order valence-corrected chi connectivity index (χ2v) is 5.39. The molecular formula is C21H16O3. The summed E-state index contributed by atoms with van der Waals surface area (Å²) in [5.41, 5.74) is 2.64. The van der Waals surface area contributed by atoms with Crippen molar-refractivity contribution in [1.29, 1.82) is 0 Å². The van der Waals surface area contributed by atoms with Gasteiger partial charge in [0, 0.05) is 11.1 Å². The molecule has 3 nitrogen and oxygen atoms in total. The van der Waals surface area contributed by atoms with Crippen LogP contribution in [0.3, 0.4) is 0 Å². The number of carbonyl (C=O) groups is 1. The SMILES string of the molecule is O=C(/C(=C\c1ccc(O)cc1)c1ccc(O)cc1)c1ccccc1. The van der Waals surface area contributed by atoms with Crippen molar-refractivity contribution in [3.8, 4) is 11.5 Å². The van der Waals surface area contributed by atoms with E-state index in [9.17, 15) is 15.0 Å². The maximum atomic E-state index is 12.9. The molecule has 0 spiro atoms. The van der Waals surface area contributed by atoms with Gasteiger partial charge in [-0.15, -0.1) is 0 Å². The Kier molecular flexibility index (Phi) is 4.43. The Morgan fingerprint density at radius 2 is 1.21 bits per heavy atom. The highest BCUT2D eigenvalue weighted by Crippen LogP contribution is 2.25. The van der Waals surface area contributed by atoms with Crippen LogP contribution in [0, 0.1) is 0 Å². The summed E-state index contributed by atoms with van der Waals surface area (Å²) in [5.74, 6) is 0.219. The van der Waals surface area contributed by atoms with Crippen molar-refractivity contribution in [2.75, 3.05) is 0 Å². The van der Waals surface area contributed by atoms with E-state index in [1.54, 1.807) is 66.7 Å².